The highest BCUT2D eigenvalue weighted by Crippen LogP contribution is 2.56. The Morgan fingerprint density at radius 2 is 1.02 bits per heavy atom. The lowest BCUT2D eigenvalue weighted by atomic mass is 9.75. The van der Waals surface area contributed by atoms with E-state index in [1.807, 2.05) is 6.07 Å². The third kappa shape index (κ3) is 4.84. The second kappa shape index (κ2) is 12.7. The van der Waals surface area contributed by atoms with E-state index in [2.05, 4.69) is 210 Å². The molecule has 0 N–H and O–H groups in total. The van der Waals surface area contributed by atoms with Crippen molar-refractivity contribution in [2.24, 2.45) is 0 Å². The van der Waals surface area contributed by atoms with Crippen LogP contribution in [0.15, 0.2) is 211 Å². The van der Waals surface area contributed by atoms with Crippen molar-refractivity contribution in [1.29, 1.82) is 0 Å². The summed E-state index contributed by atoms with van der Waals surface area (Å²) < 4.78 is 8.69. The Bertz CT molecular complexity index is 3470. The van der Waals surface area contributed by atoms with Gasteiger partial charge in [-0.05, 0) is 136 Å². The van der Waals surface area contributed by atoms with Gasteiger partial charge in [0.15, 0.2) is 0 Å². The quantitative estimate of drug-likeness (QED) is 0.174. The van der Waals surface area contributed by atoms with Crippen LogP contribution in [-0.2, 0) is 18.3 Å². The molecule has 3 nitrogen and oxygen atoms in total. The van der Waals surface area contributed by atoms with Gasteiger partial charge in [0.05, 0.1) is 11.0 Å². The third-order valence-corrected chi connectivity index (χ3v) is 13.4. The molecule has 2 heterocycles. The van der Waals surface area contributed by atoms with Crippen LogP contribution in [0.3, 0.4) is 0 Å². The lowest BCUT2D eigenvalue weighted by Gasteiger charge is -2.30. The molecule has 0 saturated heterocycles. The van der Waals surface area contributed by atoms with Crippen LogP contribution in [0.1, 0.15) is 22.3 Å². The molecule has 0 unspecified atom stereocenters. The number of hydrogen-bond acceptors (Lipinski definition) is 2. The molecular weight excluding hydrogens is 729 g/mol. The van der Waals surface area contributed by atoms with Crippen LogP contribution in [0.25, 0.3) is 71.7 Å². The van der Waals surface area contributed by atoms with Gasteiger partial charge in [-0.25, -0.2) is 0 Å². The van der Waals surface area contributed by atoms with Gasteiger partial charge in [-0.1, -0.05) is 127 Å². The van der Waals surface area contributed by atoms with E-state index in [0.29, 0.717) is 0 Å². The number of benzene rings is 9. The number of fused-ring (bicyclic) bond motifs is 12. The van der Waals surface area contributed by atoms with Crippen molar-refractivity contribution in [3.63, 3.8) is 0 Å². The Kier molecular flexibility index (Phi) is 7.06. The molecule has 0 fully saturated rings. The second-order valence-electron chi connectivity index (χ2n) is 16.6. The van der Waals surface area contributed by atoms with Crippen LogP contribution in [0.2, 0.25) is 0 Å². The number of aromatic nitrogens is 1. The minimum Gasteiger partial charge on any atom is -0.456 e. The van der Waals surface area contributed by atoms with Crippen LogP contribution >= 0.6 is 0 Å². The van der Waals surface area contributed by atoms with Crippen molar-refractivity contribution in [3.05, 3.63) is 229 Å². The Labute approximate surface area is 348 Å². The Balaban J connectivity index is 0.961. The van der Waals surface area contributed by atoms with Crippen LogP contribution in [0.5, 0.6) is 0 Å². The van der Waals surface area contributed by atoms with Gasteiger partial charge in [-0.15, -0.1) is 0 Å². The fourth-order valence-electron chi connectivity index (χ4n) is 10.7. The van der Waals surface area contributed by atoms with E-state index >= 15 is 0 Å². The summed E-state index contributed by atoms with van der Waals surface area (Å²) in [6.45, 7) is 0. The zero-order valence-electron chi connectivity index (χ0n) is 32.8. The lowest BCUT2D eigenvalue weighted by molar-refractivity contribution is 0.563. The van der Waals surface area contributed by atoms with E-state index in [1.165, 1.54) is 72.0 Å². The summed E-state index contributed by atoms with van der Waals surface area (Å²) in [5, 5.41) is 4.75. The zero-order chi connectivity index (χ0) is 39.4. The molecule has 2 aromatic heterocycles. The van der Waals surface area contributed by atoms with Crippen molar-refractivity contribution in [2.45, 2.75) is 18.3 Å². The first-order valence-electron chi connectivity index (χ1n) is 20.9. The zero-order valence-corrected chi connectivity index (χ0v) is 32.8. The standard InChI is InChI=1S/C57H38N2O/c1-2-14-41(15-3-1)59-53-20-10-7-17-47(53)49-32-38(24-30-54(49)59)37-22-25-42(26-23-37)58(43-28-31-56-50(33-43)48-18-8-11-21-55(48)60-56)44-27-29-46-45-16-6-9-19-51(45)57(52(46)34-44)35-39-12-4-5-13-40(39)36-57/h1-34H,35-36H2. The average Bonchev–Trinajstić information content (AvgIpc) is 4.05. The molecule has 3 heteroatoms. The maximum absolute atomic E-state index is 6.32. The molecule has 0 atom stereocenters. The van der Waals surface area contributed by atoms with Crippen molar-refractivity contribution in [3.8, 4) is 27.9 Å². The third-order valence-electron chi connectivity index (χ3n) is 13.4. The maximum Gasteiger partial charge on any atom is 0.135 e. The highest BCUT2D eigenvalue weighted by atomic mass is 16.3. The lowest BCUT2D eigenvalue weighted by Crippen LogP contribution is -2.26. The Morgan fingerprint density at radius 3 is 1.87 bits per heavy atom. The monoisotopic (exact) mass is 766 g/mol. The molecule has 0 bridgehead atoms. The smallest absolute Gasteiger partial charge is 0.135 e. The van der Waals surface area contributed by atoms with Gasteiger partial charge in [-0.3, -0.25) is 0 Å². The molecule has 60 heavy (non-hydrogen) atoms. The van der Waals surface area contributed by atoms with E-state index in [1.54, 1.807) is 0 Å². The molecule has 13 rings (SSSR count). The molecular formula is C57H38N2O. The number of anilines is 3. The number of furan rings is 1. The molecule has 282 valence electrons. The first kappa shape index (κ1) is 33.4. The topological polar surface area (TPSA) is 21.3 Å². The van der Waals surface area contributed by atoms with Gasteiger partial charge in [0, 0.05) is 49.7 Å². The van der Waals surface area contributed by atoms with Gasteiger partial charge < -0.3 is 13.9 Å². The summed E-state index contributed by atoms with van der Waals surface area (Å²) in [7, 11) is 0. The number of hydrogen-bond donors (Lipinski definition) is 0. The molecule has 0 saturated carbocycles. The summed E-state index contributed by atoms with van der Waals surface area (Å²) in [5.74, 6) is 0. The van der Waals surface area contributed by atoms with Crippen LogP contribution in [0, 0.1) is 0 Å². The molecule has 11 aromatic rings. The Morgan fingerprint density at radius 1 is 0.400 bits per heavy atom. The van der Waals surface area contributed by atoms with Crippen molar-refractivity contribution >= 4 is 60.8 Å². The van der Waals surface area contributed by atoms with Crippen LogP contribution < -0.4 is 4.90 Å². The normalized spacial score (nSPS) is 13.7. The largest absolute Gasteiger partial charge is 0.456 e. The summed E-state index contributed by atoms with van der Waals surface area (Å²) in [6, 6.07) is 75.7. The molecule has 2 aliphatic rings. The van der Waals surface area contributed by atoms with Crippen LogP contribution in [0.4, 0.5) is 17.1 Å². The fraction of sp³-hybridized carbons (Fsp3) is 0.0526. The SMILES string of the molecule is c1ccc(-n2c3ccccc3c3cc(-c4ccc(N(c5ccc6c(c5)C5(Cc7ccccc7C5)c5ccccc5-6)c5ccc6oc7ccccc7c6c5)cc4)ccc32)cc1. The van der Waals surface area contributed by atoms with E-state index in [-0.39, 0.29) is 5.41 Å². The van der Waals surface area contributed by atoms with Gasteiger partial charge in [0.2, 0.25) is 0 Å². The van der Waals surface area contributed by atoms with Gasteiger partial charge >= 0.3 is 0 Å². The van der Waals surface area contributed by atoms with Gasteiger partial charge in [-0.2, -0.15) is 0 Å². The maximum atomic E-state index is 6.32. The van der Waals surface area contributed by atoms with Crippen molar-refractivity contribution in [2.75, 3.05) is 4.90 Å². The molecule has 0 aliphatic heterocycles. The van der Waals surface area contributed by atoms with Gasteiger partial charge in [0.1, 0.15) is 11.2 Å². The van der Waals surface area contributed by atoms with E-state index in [0.717, 1.165) is 51.8 Å². The van der Waals surface area contributed by atoms with E-state index in [4.69, 9.17) is 4.42 Å². The van der Waals surface area contributed by atoms with Crippen molar-refractivity contribution < 1.29 is 4.42 Å². The van der Waals surface area contributed by atoms with E-state index < -0.39 is 0 Å². The molecule has 0 radical (unpaired) electrons. The molecule has 9 aromatic carbocycles. The predicted octanol–water partition coefficient (Wildman–Crippen LogP) is 14.9. The second-order valence-corrected chi connectivity index (χ2v) is 16.6. The van der Waals surface area contributed by atoms with Crippen LogP contribution in [-0.4, -0.2) is 4.57 Å². The average molecular weight is 767 g/mol. The molecule has 2 aliphatic carbocycles. The first-order chi connectivity index (χ1) is 29.7. The van der Waals surface area contributed by atoms with Gasteiger partial charge in [0.25, 0.3) is 0 Å². The minimum absolute atomic E-state index is 0.103. The summed E-state index contributed by atoms with van der Waals surface area (Å²) in [5.41, 5.74) is 19.5. The number of nitrogens with zero attached hydrogens (tertiary/aromatic N) is 2. The number of para-hydroxylation sites is 3. The summed E-state index contributed by atoms with van der Waals surface area (Å²) in [4.78, 5) is 2.43. The summed E-state index contributed by atoms with van der Waals surface area (Å²) in [6.07, 6.45) is 2.01. The van der Waals surface area contributed by atoms with E-state index in [9.17, 15) is 0 Å². The minimum atomic E-state index is -0.103. The first-order valence-corrected chi connectivity index (χ1v) is 20.9. The number of rotatable bonds is 5. The molecule has 1 spiro atoms. The highest BCUT2D eigenvalue weighted by Gasteiger charge is 2.47. The highest BCUT2D eigenvalue weighted by molar-refractivity contribution is 6.11. The summed E-state index contributed by atoms with van der Waals surface area (Å²) >= 11 is 0. The fourth-order valence-corrected chi connectivity index (χ4v) is 10.7. The predicted molar refractivity (Wildman–Crippen MR) is 248 cm³/mol. The Hall–Kier alpha value is -7.62. The van der Waals surface area contributed by atoms with Crippen molar-refractivity contribution in [1.82, 2.24) is 4.57 Å². The molecule has 0 amide bonds.